The Kier molecular flexibility index (Phi) is 5.70. The number of hydrogen-bond acceptors (Lipinski definition) is 5. The number of benzene rings is 2. The summed E-state index contributed by atoms with van der Waals surface area (Å²) in [5, 5.41) is 9.79. The summed E-state index contributed by atoms with van der Waals surface area (Å²) >= 11 is 0. The van der Waals surface area contributed by atoms with Gasteiger partial charge in [-0.3, -0.25) is 0 Å². The van der Waals surface area contributed by atoms with Crippen molar-refractivity contribution in [2.75, 3.05) is 24.3 Å². The second-order valence-corrected chi connectivity index (χ2v) is 9.11. The van der Waals surface area contributed by atoms with E-state index in [9.17, 15) is 0 Å². The monoisotopic (exact) mass is 428 g/mol. The van der Waals surface area contributed by atoms with Gasteiger partial charge in [0.15, 0.2) is 0 Å². The molecule has 0 atom stereocenters. The Labute approximate surface area is 189 Å². The molecule has 1 aliphatic carbocycles. The molecule has 6 heteroatoms. The van der Waals surface area contributed by atoms with E-state index in [4.69, 9.17) is 9.97 Å². The molecule has 5 rings (SSSR count). The Morgan fingerprint density at radius 1 is 0.938 bits per heavy atom. The summed E-state index contributed by atoms with van der Waals surface area (Å²) in [6.07, 6.45) is 4.58. The van der Waals surface area contributed by atoms with Crippen LogP contribution in [0.15, 0.2) is 54.6 Å². The summed E-state index contributed by atoms with van der Waals surface area (Å²) in [4.78, 5) is 11.6. The molecule has 1 fully saturated rings. The van der Waals surface area contributed by atoms with E-state index in [2.05, 4.69) is 69.6 Å². The average Bonchev–Trinajstić information content (AvgIpc) is 3.13. The minimum atomic E-state index is 0.418. The Bertz CT molecular complexity index is 1220. The zero-order valence-corrected chi connectivity index (χ0v) is 19.2. The molecule has 2 aromatic carbocycles. The summed E-state index contributed by atoms with van der Waals surface area (Å²) in [7, 11) is 6.22. The molecule has 0 unspecified atom stereocenters. The maximum absolute atomic E-state index is 4.81. The van der Waals surface area contributed by atoms with Gasteiger partial charge in [-0.05, 0) is 55.3 Å². The van der Waals surface area contributed by atoms with Crippen LogP contribution in [0.2, 0.25) is 0 Å². The van der Waals surface area contributed by atoms with Gasteiger partial charge in [0.05, 0.1) is 5.52 Å². The highest BCUT2D eigenvalue weighted by atomic mass is 15.2. The summed E-state index contributed by atoms with van der Waals surface area (Å²) in [6.45, 7) is 0.911. The fourth-order valence-electron chi connectivity index (χ4n) is 4.85. The zero-order valence-electron chi connectivity index (χ0n) is 19.2. The minimum Gasteiger partial charge on any atom is -0.362 e. The molecule has 4 aromatic rings. The lowest BCUT2D eigenvalue weighted by Gasteiger charge is -2.30. The SMILES string of the molecule is CN(C)c1nc(NC2CCC(NCc3cc4ccccc4n3C)CC2)nc2ccccc12. The number of nitrogens with one attached hydrogen (secondary N) is 2. The van der Waals surface area contributed by atoms with Crippen LogP contribution in [0.1, 0.15) is 31.4 Å². The molecular formula is C26H32N6. The van der Waals surface area contributed by atoms with Crippen LogP contribution in [-0.4, -0.2) is 40.7 Å². The van der Waals surface area contributed by atoms with Crippen LogP contribution >= 0.6 is 0 Å². The van der Waals surface area contributed by atoms with Crippen molar-refractivity contribution >= 4 is 33.6 Å². The molecule has 32 heavy (non-hydrogen) atoms. The van der Waals surface area contributed by atoms with Crippen LogP contribution in [0.4, 0.5) is 11.8 Å². The first-order valence-corrected chi connectivity index (χ1v) is 11.6. The number of nitrogens with zero attached hydrogens (tertiary/aromatic N) is 4. The van der Waals surface area contributed by atoms with Gasteiger partial charge in [0.1, 0.15) is 5.82 Å². The van der Waals surface area contributed by atoms with Gasteiger partial charge in [-0.15, -0.1) is 0 Å². The summed E-state index contributed by atoms with van der Waals surface area (Å²) in [5.74, 6) is 1.70. The van der Waals surface area contributed by atoms with E-state index in [0.717, 1.165) is 54.9 Å². The maximum Gasteiger partial charge on any atom is 0.225 e. The van der Waals surface area contributed by atoms with Crippen molar-refractivity contribution in [1.82, 2.24) is 19.9 Å². The van der Waals surface area contributed by atoms with E-state index in [0.29, 0.717) is 12.1 Å². The van der Waals surface area contributed by atoms with Crippen molar-refractivity contribution in [1.29, 1.82) is 0 Å². The fourth-order valence-corrected chi connectivity index (χ4v) is 4.85. The Morgan fingerprint density at radius 3 is 2.44 bits per heavy atom. The van der Waals surface area contributed by atoms with Gasteiger partial charge < -0.3 is 20.1 Å². The molecule has 1 aliphatic rings. The molecule has 0 aliphatic heterocycles. The predicted molar refractivity (Wildman–Crippen MR) is 133 cm³/mol. The fraction of sp³-hybridized carbons (Fsp3) is 0.385. The second-order valence-electron chi connectivity index (χ2n) is 9.11. The number of fused-ring (bicyclic) bond motifs is 2. The molecule has 0 bridgehead atoms. The van der Waals surface area contributed by atoms with Crippen LogP contribution < -0.4 is 15.5 Å². The van der Waals surface area contributed by atoms with Crippen molar-refractivity contribution in [3.63, 3.8) is 0 Å². The third-order valence-electron chi connectivity index (χ3n) is 6.69. The summed E-state index contributed by atoms with van der Waals surface area (Å²) < 4.78 is 2.30. The number of rotatable bonds is 6. The molecule has 0 spiro atoms. The highest BCUT2D eigenvalue weighted by Crippen LogP contribution is 2.26. The molecular weight excluding hydrogens is 396 g/mol. The van der Waals surface area contributed by atoms with E-state index in [1.807, 2.05) is 26.2 Å². The van der Waals surface area contributed by atoms with Crippen LogP contribution in [0.5, 0.6) is 0 Å². The van der Waals surface area contributed by atoms with Crippen LogP contribution in [0.3, 0.4) is 0 Å². The van der Waals surface area contributed by atoms with E-state index in [-0.39, 0.29) is 0 Å². The van der Waals surface area contributed by atoms with Crippen LogP contribution in [0.25, 0.3) is 21.8 Å². The van der Waals surface area contributed by atoms with Crippen LogP contribution in [0, 0.1) is 0 Å². The van der Waals surface area contributed by atoms with Gasteiger partial charge in [0, 0.05) is 56.4 Å². The molecule has 6 nitrogen and oxygen atoms in total. The minimum absolute atomic E-state index is 0.418. The first-order valence-electron chi connectivity index (χ1n) is 11.6. The molecule has 1 saturated carbocycles. The smallest absolute Gasteiger partial charge is 0.225 e. The second kappa shape index (κ2) is 8.79. The summed E-state index contributed by atoms with van der Waals surface area (Å²) in [6, 6.07) is 20.1. The number of para-hydroxylation sites is 2. The maximum atomic E-state index is 4.81. The lowest BCUT2D eigenvalue weighted by atomic mass is 9.91. The topological polar surface area (TPSA) is 58.0 Å². The molecule has 166 valence electrons. The standard InChI is InChI=1S/C26H32N6/c1-31(2)25-22-9-5-6-10-23(22)29-26(30-25)28-20-14-12-19(13-15-20)27-17-21-16-18-8-4-7-11-24(18)32(21)3/h4-11,16,19-20,27H,12-15,17H2,1-3H3,(H,28,29,30). The van der Waals surface area contributed by atoms with Gasteiger partial charge in [0.25, 0.3) is 0 Å². The van der Waals surface area contributed by atoms with E-state index >= 15 is 0 Å². The van der Waals surface area contributed by atoms with Crippen molar-refractivity contribution in [3.8, 4) is 0 Å². The third-order valence-corrected chi connectivity index (χ3v) is 6.69. The first kappa shape index (κ1) is 20.8. The molecule has 2 N–H and O–H groups in total. The van der Waals surface area contributed by atoms with E-state index in [1.165, 1.54) is 16.6 Å². The predicted octanol–water partition coefficient (Wildman–Crippen LogP) is 4.70. The lowest BCUT2D eigenvalue weighted by Crippen LogP contribution is -2.37. The Hall–Kier alpha value is -3.12. The van der Waals surface area contributed by atoms with Crippen molar-refractivity contribution in [2.24, 2.45) is 7.05 Å². The first-order chi connectivity index (χ1) is 15.6. The molecule has 0 amide bonds. The average molecular weight is 429 g/mol. The number of anilines is 2. The Balaban J connectivity index is 1.19. The lowest BCUT2D eigenvalue weighted by molar-refractivity contribution is 0.350. The normalized spacial score (nSPS) is 18.8. The van der Waals surface area contributed by atoms with Crippen LogP contribution in [-0.2, 0) is 13.6 Å². The van der Waals surface area contributed by atoms with Crippen molar-refractivity contribution in [2.45, 2.75) is 44.3 Å². The largest absolute Gasteiger partial charge is 0.362 e. The summed E-state index contributed by atoms with van der Waals surface area (Å²) in [5.41, 5.74) is 3.62. The van der Waals surface area contributed by atoms with Gasteiger partial charge in [-0.25, -0.2) is 4.98 Å². The van der Waals surface area contributed by atoms with Crippen molar-refractivity contribution < 1.29 is 0 Å². The number of hydrogen-bond donors (Lipinski definition) is 2. The van der Waals surface area contributed by atoms with Gasteiger partial charge in [-0.2, -0.15) is 4.98 Å². The van der Waals surface area contributed by atoms with E-state index in [1.54, 1.807) is 0 Å². The highest BCUT2D eigenvalue weighted by molar-refractivity contribution is 5.90. The molecule has 2 aromatic heterocycles. The third kappa shape index (κ3) is 4.15. The quantitative estimate of drug-likeness (QED) is 0.466. The molecule has 0 saturated heterocycles. The Morgan fingerprint density at radius 2 is 1.66 bits per heavy atom. The molecule has 0 radical (unpaired) electrons. The molecule has 2 heterocycles. The van der Waals surface area contributed by atoms with E-state index < -0.39 is 0 Å². The van der Waals surface area contributed by atoms with Gasteiger partial charge in [-0.1, -0.05) is 30.3 Å². The number of aromatic nitrogens is 3. The van der Waals surface area contributed by atoms with Gasteiger partial charge >= 0.3 is 0 Å². The number of aryl methyl sites for hydroxylation is 1. The highest BCUT2D eigenvalue weighted by Gasteiger charge is 2.22. The zero-order chi connectivity index (χ0) is 22.1. The van der Waals surface area contributed by atoms with Gasteiger partial charge in [0.2, 0.25) is 5.95 Å². The van der Waals surface area contributed by atoms with Crippen molar-refractivity contribution in [3.05, 3.63) is 60.3 Å².